The highest BCUT2D eigenvalue weighted by atomic mass is 16.1. The lowest BCUT2D eigenvalue weighted by molar-refractivity contribution is -0.125. The molecule has 0 heterocycles. The van der Waals surface area contributed by atoms with Gasteiger partial charge in [-0.1, -0.05) is 36.8 Å². The van der Waals surface area contributed by atoms with Crippen LogP contribution in [0.25, 0.3) is 0 Å². The van der Waals surface area contributed by atoms with Gasteiger partial charge in [-0.2, -0.15) is 0 Å². The van der Waals surface area contributed by atoms with E-state index in [2.05, 4.69) is 41.8 Å². The Hall–Kier alpha value is -1.35. The van der Waals surface area contributed by atoms with Crippen molar-refractivity contribution in [2.24, 2.45) is 5.92 Å². The van der Waals surface area contributed by atoms with Gasteiger partial charge in [-0.15, -0.1) is 0 Å². The predicted octanol–water partition coefficient (Wildman–Crippen LogP) is 2.03. The first-order chi connectivity index (χ1) is 8.04. The monoisotopic (exact) mass is 234 g/mol. The molecule has 17 heavy (non-hydrogen) atoms. The fraction of sp³-hybridized carbons (Fsp3) is 0.500. The predicted molar refractivity (Wildman–Crippen MR) is 70.8 cm³/mol. The minimum Gasteiger partial charge on any atom is -0.349 e. The fourth-order valence-electron chi connectivity index (χ4n) is 1.69. The van der Waals surface area contributed by atoms with Crippen LogP contribution >= 0.6 is 0 Å². The number of amides is 1. The lowest BCUT2D eigenvalue weighted by Crippen LogP contribution is -2.35. The highest BCUT2D eigenvalue weighted by Crippen LogP contribution is 2.13. The van der Waals surface area contributed by atoms with Crippen LogP contribution in [0.5, 0.6) is 0 Å². The van der Waals surface area contributed by atoms with E-state index >= 15 is 0 Å². The highest BCUT2D eigenvalue weighted by molar-refractivity contribution is 5.78. The molecular weight excluding hydrogens is 212 g/mol. The van der Waals surface area contributed by atoms with E-state index in [1.54, 1.807) is 0 Å². The molecule has 0 radical (unpaired) electrons. The van der Waals surface area contributed by atoms with E-state index < -0.39 is 0 Å². The van der Waals surface area contributed by atoms with Gasteiger partial charge in [0.15, 0.2) is 0 Å². The topological polar surface area (TPSA) is 41.1 Å². The molecule has 94 valence electrons. The Morgan fingerprint density at radius 2 is 1.82 bits per heavy atom. The molecule has 0 aliphatic heterocycles. The van der Waals surface area contributed by atoms with Gasteiger partial charge in [-0.05, 0) is 26.5 Å². The minimum absolute atomic E-state index is 0.00658. The lowest BCUT2D eigenvalue weighted by Gasteiger charge is -2.18. The van der Waals surface area contributed by atoms with Crippen molar-refractivity contribution in [1.82, 2.24) is 10.6 Å². The normalized spacial score (nSPS) is 14.1. The van der Waals surface area contributed by atoms with Gasteiger partial charge in [0, 0.05) is 12.5 Å². The molecule has 1 rings (SSSR count). The van der Waals surface area contributed by atoms with Gasteiger partial charge in [0.1, 0.15) is 0 Å². The zero-order valence-electron chi connectivity index (χ0n) is 11.1. The molecule has 0 aliphatic carbocycles. The second-order valence-corrected chi connectivity index (χ2v) is 4.60. The van der Waals surface area contributed by atoms with Crippen LogP contribution in [0.2, 0.25) is 0 Å². The fourth-order valence-corrected chi connectivity index (χ4v) is 1.69. The van der Waals surface area contributed by atoms with E-state index in [-0.39, 0.29) is 17.9 Å². The molecule has 0 aromatic heterocycles. The average molecular weight is 234 g/mol. The highest BCUT2D eigenvalue weighted by Gasteiger charge is 2.15. The van der Waals surface area contributed by atoms with Crippen molar-refractivity contribution < 1.29 is 4.79 Å². The lowest BCUT2D eigenvalue weighted by atomic mass is 10.1. The summed E-state index contributed by atoms with van der Waals surface area (Å²) < 4.78 is 0. The Morgan fingerprint density at radius 3 is 2.35 bits per heavy atom. The van der Waals surface area contributed by atoms with Crippen LogP contribution in [-0.4, -0.2) is 19.5 Å². The second kappa shape index (κ2) is 6.40. The first-order valence-corrected chi connectivity index (χ1v) is 6.06. The Kier molecular flexibility index (Phi) is 5.16. The summed E-state index contributed by atoms with van der Waals surface area (Å²) in [6.45, 7) is 6.69. The maximum Gasteiger partial charge on any atom is 0.224 e. The number of hydrogen-bond donors (Lipinski definition) is 2. The van der Waals surface area contributed by atoms with E-state index in [4.69, 9.17) is 0 Å². The summed E-state index contributed by atoms with van der Waals surface area (Å²) in [4.78, 5) is 11.8. The zero-order valence-corrected chi connectivity index (χ0v) is 11.1. The van der Waals surface area contributed by atoms with Crippen LogP contribution in [0.1, 0.15) is 31.0 Å². The second-order valence-electron chi connectivity index (χ2n) is 4.60. The summed E-state index contributed by atoms with van der Waals surface area (Å²) in [7, 11) is 1.85. The van der Waals surface area contributed by atoms with Crippen LogP contribution in [-0.2, 0) is 4.79 Å². The Morgan fingerprint density at radius 1 is 1.24 bits per heavy atom. The number of rotatable bonds is 5. The van der Waals surface area contributed by atoms with E-state index in [1.807, 2.05) is 20.9 Å². The maximum absolute atomic E-state index is 11.8. The molecule has 0 saturated heterocycles. The molecule has 0 bridgehead atoms. The number of nitrogens with one attached hydrogen (secondary N) is 2. The first kappa shape index (κ1) is 13.7. The van der Waals surface area contributed by atoms with Crippen molar-refractivity contribution in [2.75, 3.05) is 13.6 Å². The third kappa shape index (κ3) is 4.19. The minimum atomic E-state index is -0.00658. The van der Waals surface area contributed by atoms with Crippen molar-refractivity contribution in [1.29, 1.82) is 0 Å². The van der Waals surface area contributed by atoms with Gasteiger partial charge in [0.2, 0.25) is 5.91 Å². The summed E-state index contributed by atoms with van der Waals surface area (Å²) in [6, 6.07) is 8.30. The third-order valence-corrected chi connectivity index (χ3v) is 2.89. The average Bonchev–Trinajstić information content (AvgIpc) is 2.30. The van der Waals surface area contributed by atoms with Crippen LogP contribution in [0, 0.1) is 12.8 Å². The van der Waals surface area contributed by atoms with Gasteiger partial charge in [-0.25, -0.2) is 0 Å². The quantitative estimate of drug-likeness (QED) is 0.818. The molecule has 2 N–H and O–H groups in total. The molecular formula is C14H22N2O. The van der Waals surface area contributed by atoms with Crippen molar-refractivity contribution in [3.63, 3.8) is 0 Å². The molecule has 3 nitrogen and oxygen atoms in total. The van der Waals surface area contributed by atoms with Gasteiger partial charge in [0.05, 0.1) is 6.04 Å². The number of benzene rings is 1. The molecule has 1 amide bonds. The maximum atomic E-state index is 11.8. The van der Waals surface area contributed by atoms with Gasteiger partial charge >= 0.3 is 0 Å². The summed E-state index contributed by atoms with van der Waals surface area (Å²) in [6.07, 6.45) is 0. The summed E-state index contributed by atoms with van der Waals surface area (Å²) >= 11 is 0. The van der Waals surface area contributed by atoms with Gasteiger partial charge < -0.3 is 10.6 Å². The molecule has 3 heteroatoms. The van der Waals surface area contributed by atoms with Crippen LogP contribution < -0.4 is 10.6 Å². The molecule has 0 fully saturated rings. The van der Waals surface area contributed by atoms with E-state index in [0.717, 1.165) is 5.56 Å². The largest absolute Gasteiger partial charge is 0.349 e. The van der Waals surface area contributed by atoms with Gasteiger partial charge in [-0.3, -0.25) is 4.79 Å². The SMILES string of the molecule is CNCC(C)C(=O)N[C@@H](C)c1ccc(C)cc1. The Labute approximate surface area is 104 Å². The Bertz CT molecular complexity index is 359. The molecule has 0 spiro atoms. The summed E-state index contributed by atoms with van der Waals surface area (Å²) in [5.41, 5.74) is 2.37. The standard InChI is InChI=1S/C14H22N2O/c1-10-5-7-13(8-6-10)12(3)16-14(17)11(2)9-15-4/h5-8,11-12,15H,9H2,1-4H3,(H,16,17)/t11?,12-/m0/s1. The summed E-state index contributed by atoms with van der Waals surface area (Å²) in [5, 5.41) is 6.03. The van der Waals surface area contributed by atoms with Crippen molar-refractivity contribution in [3.05, 3.63) is 35.4 Å². The zero-order chi connectivity index (χ0) is 12.8. The van der Waals surface area contributed by atoms with Crippen molar-refractivity contribution in [3.8, 4) is 0 Å². The van der Waals surface area contributed by atoms with E-state index in [9.17, 15) is 4.79 Å². The third-order valence-electron chi connectivity index (χ3n) is 2.89. The molecule has 1 aromatic carbocycles. The van der Waals surface area contributed by atoms with Crippen LogP contribution in [0.4, 0.5) is 0 Å². The molecule has 2 atom stereocenters. The molecule has 1 aromatic rings. The van der Waals surface area contributed by atoms with Crippen molar-refractivity contribution >= 4 is 5.91 Å². The van der Waals surface area contributed by atoms with Crippen LogP contribution in [0.15, 0.2) is 24.3 Å². The Balaban J connectivity index is 2.57. The molecule has 0 aliphatic rings. The van der Waals surface area contributed by atoms with E-state index in [0.29, 0.717) is 6.54 Å². The first-order valence-electron chi connectivity index (χ1n) is 6.06. The number of aryl methyl sites for hydroxylation is 1. The smallest absolute Gasteiger partial charge is 0.224 e. The number of hydrogen-bond acceptors (Lipinski definition) is 2. The summed E-state index contributed by atoms with van der Waals surface area (Å²) in [5.74, 6) is 0.0836. The molecule has 0 saturated carbocycles. The molecule has 1 unspecified atom stereocenters. The van der Waals surface area contributed by atoms with Crippen LogP contribution in [0.3, 0.4) is 0 Å². The number of carbonyl (C=O) groups excluding carboxylic acids is 1. The van der Waals surface area contributed by atoms with Crippen molar-refractivity contribution in [2.45, 2.75) is 26.8 Å². The number of carbonyl (C=O) groups is 1. The van der Waals surface area contributed by atoms with E-state index in [1.165, 1.54) is 5.56 Å². The van der Waals surface area contributed by atoms with Gasteiger partial charge in [0.25, 0.3) is 0 Å².